The summed E-state index contributed by atoms with van der Waals surface area (Å²) in [5.41, 5.74) is 0. The van der Waals surface area contributed by atoms with Gasteiger partial charge in [0.1, 0.15) is 0 Å². The molecule has 0 aromatic carbocycles. The second kappa shape index (κ2) is 4.09. The summed E-state index contributed by atoms with van der Waals surface area (Å²) in [5.74, 6) is 0. The van der Waals surface area contributed by atoms with Gasteiger partial charge in [0.25, 0.3) is 9.84 Å². The molecule has 1 fully saturated rings. The van der Waals surface area contributed by atoms with E-state index in [9.17, 15) is 13.2 Å². The molecule has 76 valence electrons. The number of ether oxygens (including phenoxy) is 1. The minimum Gasteiger partial charge on any atom is -0.454 e. The van der Waals surface area contributed by atoms with Crippen molar-refractivity contribution in [3.05, 3.63) is 0 Å². The molecule has 0 aliphatic heterocycles. The number of carbonyl (C=O) groups is 1. The van der Waals surface area contributed by atoms with Crippen LogP contribution in [-0.2, 0) is 14.6 Å². The Labute approximate surface area is 78.2 Å². The third kappa shape index (κ3) is 2.21. The Kier molecular flexibility index (Phi) is 3.30. The largest absolute Gasteiger partial charge is 0.454 e. The second-order valence-corrected chi connectivity index (χ2v) is 5.22. The molecule has 4 nitrogen and oxygen atoms in total. The van der Waals surface area contributed by atoms with E-state index in [0.717, 1.165) is 12.8 Å². The Hall–Kier alpha value is -0.580. The van der Waals surface area contributed by atoms with Gasteiger partial charge in [-0.1, -0.05) is 12.8 Å². The van der Waals surface area contributed by atoms with Crippen molar-refractivity contribution in [1.82, 2.24) is 0 Å². The van der Waals surface area contributed by atoms with Gasteiger partial charge in [-0.3, -0.25) is 0 Å². The standard InChI is InChI=1S/C8H14O4S/c1-2-12-8(9)13(10,11)7-5-3-4-6-7/h7H,2-6H2,1H3. The lowest BCUT2D eigenvalue weighted by atomic mass is 10.4. The number of sulfone groups is 1. The molecule has 13 heavy (non-hydrogen) atoms. The van der Waals surface area contributed by atoms with Crippen molar-refractivity contribution in [1.29, 1.82) is 0 Å². The van der Waals surface area contributed by atoms with Crippen LogP contribution in [0.4, 0.5) is 4.79 Å². The van der Waals surface area contributed by atoms with Gasteiger partial charge in [-0.25, -0.2) is 13.2 Å². The van der Waals surface area contributed by atoms with E-state index in [2.05, 4.69) is 4.74 Å². The van der Waals surface area contributed by atoms with Crippen molar-refractivity contribution in [2.24, 2.45) is 0 Å². The molecule has 0 N–H and O–H groups in total. The van der Waals surface area contributed by atoms with Crippen LogP contribution in [0.15, 0.2) is 0 Å². The molecule has 0 saturated heterocycles. The summed E-state index contributed by atoms with van der Waals surface area (Å²) < 4.78 is 27.4. The predicted molar refractivity (Wildman–Crippen MR) is 48.2 cm³/mol. The first-order valence-corrected chi connectivity index (χ1v) is 6.04. The Balaban J connectivity index is 2.69. The minimum absolute atomic E-state index is 0.116. The summed E-state index contributed by atoms with van der Waals surface area (Å²) in [6.07, 6.45) is 2.98. The lowest BCUT2D eigenvalue weighted by Gasteiger charge is -2.08. The van der Waals surface area contributed by atoms with Crippen molar-refractivity contribution in [2.45, 2.75) is 37.9 Å². The molecule has 5 heteroatoms. The maximum atomic E-state index is 11.4. The van der Waals surface area contributed by atoms with Gasteiger partial charge in [-0.2, -0.15) is 0 Å². The van der Waals surface area contributed by atoms with Crippen LogP contribution in [0.25, 0.3) is 0 Å². The van der Waals surface area contributed by atoms with Crippen molar-refractivity contribution in [2.75, 3.05) is 6.61 Å². The highest BCUT2D eigenvalue weighted by Crippen LogP contribution is 2.25. The zero-order valence-corrected chi connectivity index (χ0v) is 8.47. The van der Waals surface area contributed by atoms with Crippen LogP contribution >= 0.6 is 0 Å². The molecule has 1 saturated carbocycles. The average molecular weight is 206 g/mol. The van der Waals surface area contributed by atoms with Gasteiger partial charge in [-0.05, 0) is 19.8 Å². The van der Waals surface area contributed by atoms with E-state index in [1.807, 2.05) is 0 Å². The van der Waals surface area contributed by atoms with Crippen LogP contribution in [0.2, 0.25) is 0 Å². The number of carbonyl (C=O) groups excluding carboxylic acids is 1. The summed E-state index contributed by atoms with van der Waals surface area (Å²) in [4.78, 5) is 11.0. The van der Waals surface area contributed by atoms with Crippen LogP contribution in [0.5, 0.6) is 0 Å². The predicted octanol–water partition coefficient (Wildman–Crippen LogP) is 1.50. The number of rotatable bonds is 2. The van der Waals surface area contributed by atoms with Gasteiger partial charge in [-0.15, -0.1) is 0 Å². The maximum Gasteiger partial charge on any atom is 0.425 e. The first-order chi connectivity index (χ1) is 6.09. The molecular weight excluding hydrogens is 192 g/mol. The molecule has 0 spiro atoms. The van der Waals surface area contributed by atoms with Gasteiger partial charge in [0, 0.05) is 0 Å². The summed E-state index contributed by atoms with van der Waals surface area (Å²) in [6.45, 7) is 1.72. The second-order valence-electron chi connectivity index (χ2n) is 3.13. The number of hydrogen-bond donors (Lipinski definition) is 0. The topological polar surface area (TPSA) is 60.4 Å². The molecule has 0 amide bonds. The Morgan fingerprint density at radius 3 is 2.38 bits per heavy atom. The molecule has 0 radical (unpaired) electrons. The summed E-state index contributed by atoms with van der Waals surface area (Å²) >= 11 is 0. The highest BCUT2D eigenvalue weighted by Gasteiger charge is 2.35. The van der Waals surface area contributed by atoms with E-state index in [0.29, 0.717) is 12.8 Å². The van der Waals surface area contributed by atoms with Crippen LogP contribution < -0.4 is 0 Å². The van der Waals surface area contributed by atoms with E-state index in [1.54, 1.807) is 6.92 Å². The van der Waals surface area contributed by atoms with Crippen molar-refractivity contribution in [3.8, 4) is 0 Å². The molecule has 1 aliphatic carbocycles. The van der Waals surface area contributed by atoms with E-state index in [4.69, 9.17) is 0 Å². The number of hydrogen-bond acceptors (Lipinski definition) is 4. The fourth-order valence-corrected chi connectivity index (χ4v) is 3.04. The van der Waals surface area contributed by atoms with Gasteiger partial charge in [0.15, 0.2) is 0 Å². The molecule has 0 unspecified atom stereocenters. The average Bonchev–Trinajstić information content (AvgIpc) is 2.56. The smallest absolute Gasteiger partial charge is 0.425 e. The Bertz CT molecular complexity index is 275. The Morgan fingerprint density at radius 1 is 1.38 bits per heavy atom. The molecule has 0 heterocycles. The molecule has 0 atom stereocenters. The molecule has 1 rings (SSSR count). The zero-order valence-electron chi connectivity index (χ0n) is 7.65. The first-order valence-electron chi connectivity index (χ1n) is 4.49. The summed E-state index contributed by atoms with van der Waals surface area (Å²) in [6, 6.07) is 0. The lowest BCUT2D eigenvalue weighted by Crippen LogP contribution is -2.26. The summed E-state index contributed by atoms with van der Waals surface area (Å²) in [5, 5.41) is -1.55. The van der Waals surface area contributed by atoms with Gasteiger partial charge in [0.2, 0.25) is 0 Å². The maximum absolute atomic E-state index is 11.4. The zero-order chi connectivity index (χ0) is 9.90. The van der Waals surface area contributed by atoms with E-state index in [1.165, 1.54) is 0 Å². The van der Waals surface area contributed by atoms with Gasteiger partial charge < -0.3 is 4.74 Å². The molecule has 1 aliphatic rings. The SMILES string of the molecule is CCOC(=O)S(=O)(=O)C1CCCC1. The van der Waals surface area contributed by atoms with Crippen LogP contribution in [-0.4, -0.2) is 25.6 Å². The molecule has 0 bridgehead atoms. The first kappa shape index (κ1) is 10.5. The van der Waals surface area contributed by atoms with Crippen molar-refractivity contribution >= 4 is 15.1 Å². The highest BCUT2D eigenvalue weighted by atomic mass is 32.2. The third-order valence-electron chi connectivity index (χ3n) is 2.24. The van der Waals surface area contributed by atoms with E-state index in [-0.39, 0.29) is 6.61 Å². The fraction of sp³-hybridized carbons (Fsp3) is 0.875. The molecule has 0 aromatic heterocycles. The van der Waals surface area contributed by atoms with E-state index >= 15 is 0 Å². The van der Waals surface area contributed by atoms with Crippen LogP contribution in [0, 0.1) is 0 Å². The van der Waals surface area contributed by atoms with Gasteiger partial charge in [0.05, 0.1) is 11.9 Å². The molecular formula is C8H14O4S. The highest BCUT2D eigenvalue weighted by molar-refractivity contribution is 8.06. The van der Waals surface area contributed by atoms with Crippen LogP contribution in [0.1, 0.15) is 32.6 Å². The minimum atomic E-state index is -3.66. The van der Waals surface area contributed by atoms with Crippen molar-refractivity contribution < 1.29 is 17.9 Å². The monoisotopic (exact) mass is 206 g/mol. The van der Waals surface area contributed by atoms with Crippen LogP contribution in [0.3, 0.4) is 0 Å². The summed E-state index contributed by atoms with van der Waals surface area (Å²) in [7, 11) is -3.66. The molecule has 0 aromatic rings. The lowest BCUT2D eigenvalue weighted by molar-refractivity contribution is 0.178. The van der Waals surface area contributed by atoms with Gasteiger partial charge >= 0.3 is 5.30 Å². The third-order valence-corrected chi connectivity index (χ3v) is 4.17. The normalized spacial score (nSPS) is 18.8. The van der Waals surface area contributed by atoms with E-state index < -0.39 is 20.4 Å². The quantitative estimate of drug-likeness (QED) is 0.642. The Morgan fingerprint density at radius 2 is 1.92 bits per heavy atom. The van der Waals surface area contributed by atoms with Crippen molar-refractivity contribution in [3.63, 3.8) is 0 Å². The fourth-order valence-electron chi connectivity index (χ4n) is 1.53.